The summed E-state index contributed by atoms with van der Waals surface area (Å²) in [5, 5.41) is 20.9. The van der Waals surface area contributed by atoms with E-state index in [1.165, 1.54) is 176 Å². The Morgan fingerprint density at radius 1 is 0.377 bits per heavy atom. The van der Waals surface area contributed by atoms with Crippen LogP contribution in [0.3, 0.4) is 0 Å². The number of amides is 8. The summed E-state index contributed by atoms with van der Waals surface area (Å²) in [6.45, 7) is 15.1. The van der Waals surface area contributed by atoms with Crippen molar-refractivity contribution in [3.05, 3.63) is 294 Å². The number of hydrogen-bond acceptors (Lipinski definition) is 29. The highest BCUT2D eigenvalue weighted by molar-refractivity contribution is 7.89. The number of hydrogen-bond donors (Lipinski definition) is 4. The molecule has 39 nitrogen and oxygen atoms in total. The van der Waals surface area contributed by atoms with Crippen molar-refractivity contribution in [3.8, 4) is 46.0 Å². The molecule has 8 aromatic carbocycles. The topological polar surface area (TPSA) is 437 Å². The number of ether oxygens (including phenoxy) is 14. The lowest BCUT2D eigenvalue weighted by molar-refractivity contribution is 0.00853. The molecule has 8 amide bonds. The van der Waals surface area contributed by atoms with Gasteiger partial charge in [0.05, 0.1) is 119 Å². The van der Waals surface area contributed by atoms with Crippen LogP contribution in [0.5, 0.6) is 46.0 Å². The summed E-state index contributed by atoms with van der Waals surface area (Å²) < 4.78 is 134. The van der Waals surface area contributed by atoms with E-state index in [1.54, 1.807) is 74.2 Å². The minimum Gasteiger partial charge on any atom is -0.504 e. The van der Waals surface area contributed by atoms with Gasteiger partial charge >= 0.3 is 24.4 Å². The molecule has 766 valence electrons. The van der Waals surface area contributed by atoms with Gasteiger partial charge in [-0.15, -0.1) is 0 Å². The molecule has 8 aliphatic heterocycles. The number of anilines is 4. The number of nitrogens with zero attached hydrogens (tertiary/aromatic N) is 9. The fourth-order valence-corrected chi connectivity index (χ4v) is 20.5. The quantitative estimate of drug-likeness (QED) is 0.0261. The Bertz CT molecular complexity index is 6860. The maximum absolute atomic E-state index is 14.6. The van der Waals surface area contributed by atoms with Gasteiger partial charge < -0.3 is 96.1 Å². The number of fused-ring (bicyclic) bond motifs is 10. The molecule has 0 bridgehead atoms. The van der Waals surface area contributed by atoms with Crippen LogP contribution in [0.15, 0.2) is 236 Å². The van der Waals surface area contributed by atoms with E-state index in [2.05, 4.69) is 35.8 Å². The van der Waals surface area contributed by atoms with Gasteiger partial charge in [-0.25, -0.2) is 65.1 Å². The molecule has 146 heavy (non-hydrogen) atoms. The maximum Gasteiger partial charge on any atom is 0.416 e. The van der Waals surface area contributed by atoms with Crippen molar-refractivity contribution in [2.24, 2.45) is 0 Å². The zero-order chi connectivity index (χ0) is 104. The van der Waals surface area contributed by atoms with Crippen molar-refractivity contribution in [1.82, 2.24) is 34.0 Å². The highest BCUT2D eigenvalue weighted by atomic mass is 32.2. The second kappa shape index (κ2) is 45.5. The van der Waals surface area contributed by atoms with Crippen molar-refractivity contribution in [3.63, 3.8) is 0 Å². The standard InChI is InChI=1S/C56H58N6O14S.C26H29N3O8S.C23H24N2O6/c1-8-23-73-55(65)61-43-29-49(47(69-4)27-41(43)51(63)59-22-21-36(26-45(59)53(61)71-6)34-17-19-40(20-18-34)77(67,68)57-3)75-32-38-15-12-16-39(58-38)33-76-50-30-44-42(28-48(50)70-5)52(64)60-31-37-14-11-10-13-35(37)25-46(60)54(72-7)62(44)56(66)74-24-9-2;1-5-12-37-26(32)29-20-15-22(30)23(35-3)14-19(20)24(31)28-11-10-17(13-21(28)25(29)36-4)16-6-8-18(9-7-16)38(33,34)27-2;1-4-9-31-23(28)25-17-12-19(26)20(29-2)11-16(17)21(27)24-13-15-8-6-5-7-14(15)10-18(24)22(25)30-3/h8-21,27-30,45-46,53-54,57H,1-2,22-26,31-33H2,3-7H3;5-10,14-15,21,25,27,30H,1,11-13H2,2-4H3;4-8,11-12,18,22,26H,1,9-10,13H2,2-3H3/t45-,46-,53?,54?;21-,25?;18-,22?/m000/s1. The van der Waals surface area contributed by atoms with Crippen molar-refractivity contribution >= 4 is 102 Å². The molecule has 9 aromatic rings. The van der Waals surface area contributed by atoms with Crippen LogP contribution in [0.2, 0.25) is 0 Å². The van der Waals surface area contributed by atoms with Gasteiger partial charge in [0.15, 0.2) is 70.9 Å². The van der Waals surface area contributed by atoms with Gasteiger partial charge in [0, 0.05) is 78.9 Å². The molecule has 8 atom stereocenters. The number of phenolic OH excluding ortho intramolecular Hbond substituents is 2. The van der Waals surface area contributed by atoms with E-state index in [-0.39, 0.29) is 178 Å². The van der Waals surface area contributed by atoms with Crippen molar-refractivity contribution in [2.75, 3.05) is 130 Å². The summed E-state index contributed by atoms with van der Waals surface area (Å²) in [4.78, 5) is 128. The highest BCUT2D eigenvalue weighted by Crippen LogP contribution is 2.49. The Kier molecular flexibility index (Phi) is 32.7. The van der Waals surface area contributed by atoms with Crippen LogP contribution < -0.4 is 57.5 Å². The number of nitrogens with one attached hydrogen (secondary N) is 2. The summed E-state index contributed by atoms with van der Waals surface area (Å²) in [7, 11) is 6.88. The van der Waals surface area contributed by atoms with E-state index >= 15 is 0 Å². The lowest BCUT2D eigenvalue weighted by atomic mass is 9.92. The third kappa shape index (κ3) is 21.1. The molecule has 0 fully saturated rings. The molecule has 4 N–H and O–H groups in total. The largest absolute Gasteiger partial charge is 0.504 e. The predicted molar refractivity (Wildman–Crippen MR) is 535 cm³/mol. The minimum absolute atomic E-state index is 0.00556. The number of methoxy groups -OCH3 is 8. The number of benzene rings is 8. The van der Waals surface area contributed by atoms with Crippen LogP contribution in [-0.2, 0) is 97.1 Å². The summed E-state index contributed by atoms with van der Waals surface area (Å²) in [6.07, 6.45) is 4.11. The SMILES string of the molecule is C=CCOC(=O)N1c2cc(O)c(OC)cc2C(=O)N2CC=C(c3ccc(S(=O)(=O)NC)cc3)C[C@H]2C1OC.C=CCOC(=O)N1c2cc(O)c(OC)cc2C(=O)N2Cc3ccccc3C[C@H]2C1OC.C=CCOC(=O)N1c2cc(OCc3cccc(COc4cc5c(cc4OC)C(=O)N4Cc6ccccc6C[C@H]4C(OC)N5C(=O)OCC=C)n3)c(OC)cc2C(=O)N2CC=C(c3ccc(S(=O)(=O)NC)cc3)C[C@H]2C1OC. The van der Waals surface area contributed by atoms with E-state index in [4.69, 9.17) is 71.3 Å². The second-order valence-electron chi connectivity index (χ2n) is 34.1. The number of sulfonamides is 2. The Hall–Kier alpha value is -15.6. The molecule has 0 radical (unpaired) electrons. The number of pyridine rings is 1. The molecular weight excluding hydrogens is 1930 g/mol. The van der Waals surface area contributed by atoms with Crippen molar-refractivity contribution in [2.45, 2.75) is 111 Å². The lowest BCUT2D eigenvalue weighted by Crippen LogP contribution is -2.56. The Morgan fingerprint density at radius 2 is 0.671 bits per heavy atom. The zero-order valence-corrected chi connectivity index (χ0v) is 83.4. The predicted octanol–water partition coefficient (Wildman–Crippen LogP) is 13.1. The number of carbonyl (C=O) groups excluding carboxylic acids is 8. The third-order valence-corrected chi connectivity index (χ3v) is 28.9. The first-order chi connectivity index (χ1) is 70.4. The number of aromatic nitrogens is 1. The van der Waals surface area contributed by atoms with E-state index in [0.717, 1.165) is 44.5 Å². The van der Waals surface area contributed by atoms with Gasteiger partial charge in [-0.3, -0.25) is 24.2 Å². The third-order valence-electron chi connectivity index (χ3n) is 26.1. The number of rotatable bonds is 28. The van der Waals surface area contributed by atoms with E-state index in [0.29, 0.717) is 43.7 Å². The van der Waals surface area contributed by atoms with E-state index in [9.17, 15) is 65.4 Å². The fraction of sp³-hybridized carbons (Fsp3) is 0.305. The maximum atomic E-state index is 14.6. The van der Waals surface area contributed by atoms with Gasteiger partial charge in [-0.05, 0) is 145 Å². The van der Waals surface area contributed by atoms with Gasteiger partial charge in [-0.2, -0.15) is 0 Å². The summed E-state index contributed by atoms with van der Waals surface area (Å²) >= 11 is 0. The average molecular weight is 2040 g/mol. The molecular formula is C105H111N11O28S2. The summed E-state index contributed by atoms with van der Waals surface area (Å²) in [5.74, 6) is -0.843. The molecule has 4 unspecified atom stereocenters. The van der Waals surface area contributed by atoms with Crippen LogP contribution in [0.1, 0.15) is 99.0 Å². The molecule has 9 heterocycles. The monoisotopic (exact) mass is 2040 g/mol. The molecule has 1 aromatic heterocycles. The van der Waals surface area contributed by atoms with Crippen molar-refractivity contribution in [1.29, 1.82) is 0 Å². The van der Waals surface area contributed by atoms with Gasteiger partial charge in [0.25, 0.3) is 23.6 Å². The smallest absolute Gasteiger partial charge is 0.416 e. The molecule has 17 rings (SSSR count). The first kappa shape index (κ1) is 105. The van der Waals surface area contributed by atoms with Gasteiger partial charge in [0.1, 0.15) is 39.6 Å². The van der Waals surface area contributed by atoms with E-state index < -0.39 is 99.4 Å². The van der Waals surface area contributed by atoms with Gasteiger partial charge in [0.2, 0.25) is 20.0 Å². The second-order valence-corrected chi connectivity index (χ2v) is 37.9. The Balaban J connectivity index is 0.000000191. The minimum atomic E-state index is -3.68. The van der Waals surface area contributed by atoms with Crippen LogP contribution in [0.25, 0.3) is 11.1 Å². The van der Waals surface area contributed by atoms with Gasteiger partial charge in [-0.1, -0.05) is 142 Å². The lowest BCUT2D eigenvalue weighted by Gasteiger charge is -2.41. The molecule has 0 aliphatic carbocycles. The van der Waals surface area contributed by atoms with Crippen LogP contribution >= 0.6 is 0 Å². The Morgan fingerprint density at radius 3 is 0.973 bits per heavy atom. The Labute approximate surface area is 843 Å². The molecule has 0 saturated heterocycles. The van der Waals surface area contributed by atoms with Crippen LogP contribution in [-0.4, -0.2) is 259 Å². The highest BCUT2D eigenvalue weighted by Gasteiger charge is 2.52. The molecule has 0 spiro atoms. The van der Waals surface area contributed by atoms with E-state index in [1.807, 2.05) is 60.7 Å². The first-order valence-electron chi connectivity index (χ1n) is 46.1. The van der Waals surface area contributed by atoms with Crippen LogP contribution in [0.4, 0.5) is 41.9 Å². The van der Waals surface area contributed by atoms with Crippen LogP contribution in [0, 0.1) is 0 Å². The fourth-order valence-electron chi connectivity index (χ4n) is 19.0. The summed E-state index contributed by atoms with van der Waals surface area (Å²) in [5.41, 5.74) is 9.58. The normalized spacial score (nSPS) is 19.0. The molecule has 8 aliphatic rings. The molecule has 0 saturated carbocycles. The number of aromatic hydroxyl groups is 2. The first-order valence-corrected chi connectivity index (χ1v) is 49.1. The molecule has 41 heteroatoms. The average Bonchev–Trinajstić information content (AvgIpc) is 1.61. The zero-order valence-electron chi connectivity index (χ0n) is 81.7. The van der Waals surface area contributed by atoms with Crippen molar-refractivity contribution < 1.29 is 132 Å². The number of carbonyl (C=O) groups is 8. The summed E-state index contributed by atoms with van der Waals surface area (Å²) in [6, 6.07) is 43.0. The number of phenols is 2.